The third-order valence-electron chi connectivity index (χ3n) is 3.81. The molecule has 0 N–H and O–H groups in total. The fraction of sp³-hybridized carbons (Fsp3) is 0.533. The normalized spacial score (nSPS) is 19.8. The summed E-state index contributed by atoms with van der Waals surface area (Å²) in [6.45, 7) is 3.31. The molecule has 104 valence electrons. The molecular weight excluding hydrogens is 243 g/mol. The van der Waals surface area contributed by atoms with Crippen LogP contribution in [0.2, 0.25) is 0 Å². The summed E-state index contributed by atoms with van der Waals surface area (Å²) in [6, 6.07) is 4.99. The molecule has 0 bridgehead atoms. The molecule has 1 unspecified atom stereocenters. The van der Waals surface area contributed by atoms with Crippen molar-refractivity contribution in [1.82, 2.24) is 4.90 Å². The van der Waals surface area contributed by atoms with Gasteiger partial charge >= 0.3 is 0 Å². The molecule has 4 heteroatoms. The van der Waals surface area contributed by atoms with Crippen LogP contribution in [0.3, 0.4) is 0 Å². The molecule has 0 radical (unpaired) electrons. The molecule has 1 aromatic carbocycles. The average Bonchev–Trinajstić information content (AvgIpc) is 2.38. The van der Waals surface area contributed by atoms with E-state index in [9.17, 15) is 9.18 Å². The second-order valence-electron chi connectivity index (χ2n) is 5.42. The third-order valence-corrected chi connectivity index (χ3v) is 3.81. The number of carbonyl (C=O) groups is 1. The first kappa shape index (κ1) is 14.0. The maximum atomic E-state index is 13.3. The minimum Gasteiger partial charge on any atom is -0.369 e. The van der Waals surface area contributed by atoms with E-state index in [1.807, 2.05) is 0 Å². The predicted molar refractivity (Wildman–Crippen MR) is 75.3 cm³/mol. The van der Waals surface area contributed by atoms with Gasteiger partial charge in [-0.25, -0.2) is 4.39 Å². The number of anilines is 1. The molecule has 1 fully saturated rings. The molecule has 1 heterocycles. The molecule has 1 atom stereocenters. The van der Waals surface area contributed by atoms with Crippen molar-refractivity contribution >= 4 is 11.5 Å². The predicted octanol–water partition coefficient (Wildman–Crippen LogP) is 2.56. The van der Waals surface area contributed by atoms with Gasteiger partial charge in [0.2, 0.25) is 0 Å². The molecule has 19 heavy (non-hydrogen) atoms. The Morgan fingerprint density at radius 1 is 1.42 bits per heavy atom. The van der Waals surface area contributed by atoms with Crippen molar-refractivity contribution in [3.05, 3.63) is 29.6 Å². The molecule has 0 aliphatic carbocycles. The zero-order chi connectivity index (χ0) is 14.0. The molecule has 0 amide bonds. The highest BCUT2D eigenvalue weighted by Gasteiger charge is 2.24. The van der Waals surface area contributed by atoms with Gasteiger partial charge in [-0.3, -0.25) is 4.79 Å². The van der Waals surface area contributed by atoms with E-state index in [-0.39, 0.29) is 11.6 Å². The van der Waals surface area contributed by atoms with Gasteiger partial charge in [0.15, 0.2) is 5.78 Å². The van der Waals surface area contributed by atoms with Crippen LogP contribution in [0.1, 0.15) is 30.1 Å². The molecule has 1 saturated heterocycles. The van der Waals surface area contributed by atoms with Crippen LogP contribution in [0.5, 0.6) is 0 Å². The van der Waals surface area contributed by atoms with E-state index in [0.717, 1.165) is 25.2 Å². The summed E-state index contributed by atoms with van der Waals surface area (Å²) in [6.07, 6.45) is 2.26. The smallest absolute Gasteiger partial charge is 0.161 e. The fourth-order valence-corrected chi connectivity index (χ4v) is 2.66. The van der Waals surface area contributed by atoms with Crippen molar-refractivity contribution in [2.45, 2.75) is 25.8 Å². The fourth-order valence-electron chi connectivity index (χ4n) is 2.66. The van der Waals surface area contributed by atoms with Crippen LogP contribution in [-0.2, 0) is 0 Å². The first-order chi connectivity index (χ1) is 8.99. The van der Waals surface area contributed by atoms with Gasteiger partial charge in [0.05, 0.1) is 0 Å². The van der Waals surface area contributed by atoms with Gasteiger partial charge < -0.3 is 9.80 Å². The standard InChI is InChI=1S/C15H21FN2O/c1-11(19)14-9-12(16)6-7-15(14)18-8-4-5-13(10-18)17(2)3/h6-7,9,13H,4-5,8,10H2,1-3H3. The van der Waals surface area contributed by atoms with Crippen molar-refractivity contribution in [2.24, 2.45) is 0 Å². The van der Waals surface area contributed by atoms with Crippen LogP contribution in [0.25, 0.3) is 0 Å². The largest absolute Gasteiger partial charge is 0.369 e. The maximum absolute atomic E-state index is 13.3. The van der Waals surface area contributed by atoms with Crippen molar-refractivity contribution in [2.75, 3.05) is 32.1 Å². The lowest BCUT2D eigenvalue weighted by atomic mass is 10.0. The number of halogens is 1. The Labute approximate surface area is 114 Å². The molecule has 0 saturated carbocycles. The minimum absolute atomic E-state index is 0.0820. The number of rotatable bonds is 3. The molecule has 2 rings (SSSR count). The van der Waals surface area contributed by atoms with E-state index in [1.54, 1.807) is 6.07 Å². The maximum Gasteiger partial charge on any atom is 0.161 e. The lowest BCUT2D eigenvalue weighted by Gasteiger charge is -2.38. The second kappa shape index (κ2) is 5.70. The monoisotopic (exact) mass is 264 g/mol. The summed E-state index contributed by atoms with van der Waals surface area (Å²) < 4.78 is 13.3. The van der Waals surface area contributed by atoms with Crippen LogP contribution < -0.4 is 4.90 Å². The van der Waals surface area contributed by atoms with Gasteiger partial charge in [0, 0.05) is 30.4 Å². The van der Waals surface area contributed by atoms with Gasteiger partial charge in [-0.2, -0.15) is 0 Å². The Bertz CT molecular complexity index is 473. The SMILES string of the molecule is CC(=O)c1cc(F)ccc1N1CCCC(N(C)C)C1. The van der Waals surface area contributed by atoms with Gasteiger partial charge in [0.1, 0.15) is 5.82 Å². The molecule has 0 spiro atoms. The van der Waals surface area contributed by atoms with Crippen molar-refractivity contribution < 1.29 is 9.18 Å². The quantitative estimate of drug-likeness (QED) is 0.784. The van der Waals surface area contributed by atoms with E-state index >= 15 is 0 Å². The number of hydrogen-bond acceptors (Lipinski definition) is 3. The highest BCUT2D eigenvalue weighted by molar-refractivity contribution is 5.99. The lowest BCUT2D eigenvalue weighted by Crippen LogP contribution is -2.45. The van der Waals surface area contributed by atoms with Gasteiger partial charge in [-0.1, -0.05) is 0 Å². The molecule has 3 nitrogen and oxygen atoms in total. The zero-order valence-electron chi connectivity index (χ0n) is 11.8. The number of likely N-dealkylation sites (N-methyl/N-ethyl adjacent to an activating group) is 1. The van der Waals surface area contributed by atoms with Crippen LogP contribution in [0.4, 0.5) is 10.1 Å². The number of hydrogen-bond donors (Lipinski definition) is 0. The van der Waals surface area contributed by atoms with Gasteiger partial charge in [-0.15, -0.1) is 0 Å². The van der Waals surface area contributed by atoms with Crippen molar-refractivity contribution in [3.63, 3.8) is 0 Å². The third kappa shape index (κ3) is 3.13. The van der Waals surface area contributed by atoms with Crippen LogP contribution >= 0.6 is 0 Å². The Hall–Kier alpha value is -1.42. The van der Waals surface area contributed by atoms with Crippen molar-refractivity contribution in [3.8, 4) is 0 Å². The zero-order valence-corrected chi connectivity index (χ0v) is 11.8. The van der Waals surface area contributed by atoms with Crippen LogP contribution in [-0.4, -0.2) is 43.9 Å². The molecule has 1 aliphatic rings. The van der Waals surface area contributed by atoms with E-state index < -0.39 is 0 Å². The summed E-state index contributed by atoms with van der Waals surface area (Å²) in [4.78, 5) is 16.1. The van der Waals surface area contributed by atoms with E-state index in [2.05, 4.69) is 23.9 Å². The van der Waals surface area contributed by atoms with Gasteiger partial charge in [0.25, 0.3) is 0 Å². The average molecular weight is 264 g/mol. The van der Waals surface area contributed by atoms with E-state index in [0.29, 0.717) is 11.6 Å². The Kier molecular flexibility index (Phi) is 4.20. The van der Waals surface area contributed by atoms with Crippen molar-refractivity contribution in [1.29, 1.82) is 0 Å². The Morgan fingerprint density at radius 2 is 2.16 bits per heavy atom. The Balaban J connectivity index is 2.28. The van der Waals surface area contributed by atoms with E-state index in [4.69, 9.17) is 0 Å². The molecule has 1 aliphatic heterocycles. The summed E-state index contributed by atoms with van der Waals surface area (Å²) in [5.74, 6) is -0.434. The van der Waals surface area contributed by atoms with Crippen LogP contribution in [0, 0.1) is 5.82 Å². The number of piperidine rings is 1. The summed E-state index contributed by atoms with van der Waals surface area (Å²) >= 11 is 0. The first-order valence-electron chi connectivity index (χ1n) is 6.71. The number of carbonyl (C=O) groups excluding carboxylic acids is 1. The highest BCUT2D eigenvalue weighted by Crippen LogP contribution is 2.26. The van der Waals surface area contributed by atoms with E-state index in [1.165, 1.54) is 25.5 Å². The summed E-state index contributed by atoms with van der Waals surface area (Å²) in [5.41, 5.74) is 1.35. The highest BCUT2D eigenvalue weighted by atomic mass is 19.1. The summed E-state index contributed by atoms with van der Waals surface area (Å²) in [5, 5.41) is 0. The Morgan fingerprint density at radius 3 is 2.79 bits per heavy atom. The van der Waals surface area contributed by atoms with Crippen LogP contribution in [0.15, 0.2) is 18.2 Å². The lowest BCUT2D eigenvalue weighted by molar-refractivity contribution is 0.101. The van der Waals surface area contributed by atoms with Gasteiger partial charge in [-0.05, 0) is 52.1 Å². The number of nitrogens with zero attached hydrogens (tertiary/aromatic N) is 2. The molecule has 1 aromatic rings. The molecule has 0 aromatic heterocycles. The number of ketones is 1. The summed E-state index contributed by atoms with van der Waals surface area (Å²) in [7, 11) is 4.15. The molecular formula is C15H21FN2O. The first-order valence-corrected chi connectivity index (χ1v) is 6.71. The topological polar surface area (TPSA) is 23.6 Å². The minimum atomic E-state index is -0.352. The second-order valence-corrected chi connectivity index (χ2v) is 5.42. The number of benzene rings is 1. The number of Topliss-reactive ketones (excluding diaryl/α,β-unsaturated/α-hetero) is 1.